The van der Waals surface area contributed by atoms with E-state index in [-0.39, 0.29) is 18.1 Å². The number of aromatic nitrogens is 4. The summed E-state index contributed by atoms with van der Waals surface area (Å²) in [5.74, 6) is -2.78. The first-order chi connectivity index (χ1) is 15.0. The average molecular weight is 479 g/mol. The second-order valence-corrected chi connectivity index (χ2v) is 7.63. The lowest BCUT2D eigenvalue weighted by atomic mass is 10.1. The third-order valence-corrected chi connectivity index (χ3v) is 4.78. The number of benzene rings is 1. The maximum absolute atomic E-state index is 15.0. The van der Waals surface area contributed by atoms with Crippen LogP contribution < -0.4 is 10.1 Å². The zero-order valence-corrected chi connectivity index (χ0v) is 18.1. The van der Waals surface area contributed by atoms with E-state index in [1.807, 2.05) is 19.0 Å². The van der Waals surface area contributed by atoms with Crippen LogP contribution in [0.2, 0.25) is 5.15 Å². The predicted octanol–water partition coefficient (Wildman–Crippen LogP) is 4.42. The number of halogens is 6. The summed E-state index contributed by atoms with van der Waals surface area (Å²) < 4.78 is 75.8. The molecule has 0 aliphatic rings. The molecule has 7 nitrogen and oxygen atoms in total. The normalized spacial score (nSPS) is 13.1. The smallest absolute Gasteiger partial charge is 0.408 e. The minimum Gasteiger partial charge on any atom is -0.493 e. The first kappa shape index (κ1) is 23.9. The largest absolute Gasteiger partial charge is 0.493 e. The van der Waals surface area contributed by atoms with E-state index in [1.54, 1.807) is 0 Å². The third-order valence-electron chi connectivity index (χ3n) is 4.51. The van der Waals surface area contributed by atoms with Gasteiger partial charge in [-0.2, -0.15) is 32.8 Å². The van der Waals surface area contributed by atoms with Crippen molar-refractivity contribution in [2.24, 2.45) is 0 Å². The van der Waals surface area contributed by atoms with Crippen molar-refractivity contribution in [3.63, 3.8) is 0 Å². The van der Waals surface area contributed by atoms with Crippen LogP contribution in [0.1, 0.15) is 13.3 Å². The minimum atomic E-state index is -4.65. The number of ether oxygens (including phenoxy) is 1. The van der Waals surface area contributed by atoms with Crippen molar-refractivity contribution in [2.45, 2.75) is 25.6 Å². The summed E-state index contributed by atoms with van der Waals surface area (Å²) in [7, 11) is 3.76. The molecule has 0 aliphatic carbocycles. The fourth-order valence-corrected chi connectivity index (χ4v) is 3.16. The van der Waals surface area contributed by atoms with E-state index in [1.165, 1.54) is 0 Å². The molecule has 3 rings (SSSR count). The number of nitrogens with one attached hydrogen (secondary N) is 1. The van der Waals surface area contributed by atoms with E-state index in [4.69, 9.17) is 16.3 Å². The Morgan fingerprint density at radius 1 is 1.19 bits per heavy atom. The van der Waals surface area contributed by atoms with Crippen molar-refractivity contribution < 1.29 is 26.7 Å². The van der Waals surface area contributed by atoms with Gasteiger partial charge in [0, 0.05) is 18.7 Å². The van der Waals surface area contributed by atoms with Crippen LogP contribution in [0, 0.1) is 11.6 Å². The van der Waals surface area contributed by atoms with Crippen LogP contribution >= 0.6 is 11.6 Å². The molecule has 0 fully saturated rings. The van der Waals surface area contributed by atoms with Gasteiger partial charge in [-0.15, -0.1) is 0 Å². The molecule has 1 atom stereocenters. The second kappa shape index (κ2) is 9.41. The van der Waals surface area contributed by atoms with Crippen LogP contribution in [0.5, 0.6) is 5.75 Å². The van der Waals surface area contributed by atoms with Gasteiger partial charge < -0.3 is 15.0 Å². The second-order valence-electron chi connectivity index (χ2n) is 7.27. The highest BCUT2D eigenvalue weighted by Gasteiger charge is 2.37. The summed E-state index contributed by atoms with van der Waals surface area (Å²) in [6.45, 7) is 1.78. The number of fused-ring (bicyclic) bond motifs is 1. The molecule has 0 radical (unpaired) electrons. The van der Waals surface area contributed by atoms with Gasteiger partial charge >= 0.3 is 6.18 Å². The van der Waals surface area contributed by atoms with Crippen molar-refractivity contribution >= 4 is 23.2 Å². The molecular weight excluding hydrogens is 459 g/mol. The van der Waals surface area contributed by atoms with Gasteiger partial charge in [0.05, 0.1) is 17.7 Å². The lowest BCUT2D eigenvalue weighted by Crippen LogP contribution is -2.34. The topological polar surface area (TPSA) is 67.6 Å². The van der Waals surface area contributed by atoms with Gasteiger partial charge in [0.2, 0.25) is 0 Å². The summed E-state index contributed by atoms with van der Waals surface area (Å²) in [5.41, 5.74) is -1.09. The Bertz CT molecular complexity index is 1080. The summed E-state index contributed by atoms with van der Waals surface area (Å²) in [6.07, 6.45) is -3.00. The van der Waals surface area contributed by atoms with E-state index >= 15 is 0 Å². The molecule has 1 N–H and O–H groups in total. The average Bonchev–Trinajstić information content (AvgIpc) is 3.13. The van der Waals surface area contributed by atoms with Crippen molar-refractivity contribution in [2.75, 3.05) is 32.6 Å². The first-order valence-electron chi connectivity index (χ1n) is 9.48. The lowest BCUT2D eigenvalue weighted by Gasteiger charge is -2.21. The molecule has 174 valence electrons. The molecule has 13 heteroatoms. The number of alkyl halides is 3. The molecule has 0 aliphatic heterocycles. The highest BCUT2D eigenvalue weighted by atomic mass is 35.5. The van der Waals surface area contributed by atoms with Crippen LogP contribution in [-0.2, 0) is 0 Å². The standard InChI is InChI=1S/C19H20ClF5N6O/c1-10(19(23,24)25)28-17-15(16(20)29-18-26-9-27-31(17)18)14-12(21)7-11(8-13(14)22)32-6-4-5-30(2)3/h7-10,28H,4-6H2,1-3H3/t10-/m0/s1. The Balaban J connectivity index is 2.05. The molecule has 0 spiro atoms. The maximum Gasteiger partial charge on any atom is 0.408 e. The molecule has 3 aromatic rings. The third kappa shape index (κ3) is 5.18. The zero-order chi connectivity index (χ0) is 23.6. The van der Waals surface area contributed by atoms with E-state index in [0.29, 0.717) is 13.0 Å². The van der Waals surface area contributed by atoms with Crippen molar-refractivity contribution in [3.8, 4) is 16.9 Å². The molecule has 0 amide bonds. The minimum absolute atomic E-state index is 0.0633. The van der Waals surface area contributed by atoms with Crippen molar-refractivity contribution in [1.82, 2.24) is 24.5 Å². The summed E-state index contributed by atoms with van der Waals surface area (Å²) in [6, 6.07) is -0.211. The van der Waals surface area contributed by atoms with Crippen LogP contribution in [0.15, 0.2) is 18.5 Å². The van der Waals surface area contributed by atoms with Crippen LogP contribution in [-0.4, -0.2) is 63.9 Å². The van der Waals surface area contributed by atoms with Gasteiger partial charge in [-0.25, -0.2) is 8.78 Å². The lowest BCUT2D eigenvalue weighted by molar-refractivity contribution is -0.138. The molecule has 0 unspecified atom stereocenters. The monoisotopic (exact) mass is 478 g/mol. The van der Waals surface area contributed by atoms with Gasteiger partial charge in [0.1, 0.15) is 40.7 Å². The predicted molar refractivity (Wildman–Crippen MR) is 109 cm³/mol. The van der Waals surface area contributed by atoms with E-state index in [0.717, 1.165) is 29.9 Å². The van der Waals surface area contributed by atoms with E-state index in [9.17, 15) is 22.0 Å². The van der Waals surface area contributed by atoms with E-state index in [2.05, 4.69) is 20.4 Å². The Morgan fingerprint density at radius 3 is 2.44 bits per heavy atom. The number of anilines is 1. The SMILES string of the molecule is C[C@H](Nc1c(-c2c(F)cc(OCCCN(C)C)cc2F)c(Cl)nc2ncnn12)C(F)(F)F. The van der Waals surface area contributed by atoms with Crippen LogP contribution in [0.25, 0.3) is 16.9 Å². The fourth-order valence-electron chi connectivity index (χ4n) is 2.90. The fraction of sp³-hybridized carbons (Fsp3) is 0.421. The number of nitrogens with zero attached hydrogens (tertiary/aromatic N) is 5. The highest BCUT2D eigenvalue weighted by molar-refractivity contribution is 6.33. The van der Waals surface area contributed by atoms with Gasteiger partial charge in [0.25, 0.3) is 5.78 Å². The number of hydrogen-bond acceptors (Lipinski definition) is 6. The molecule has 0 bridgehead atoms. The van der Waals surface area contributed by atoms with Gasteiger partial charge in [-0.3, -0.25) is 0 Å². The van der Waals surface area contributed by atoms with Gasteiger partial charge in [0.15, 0.2) is 0 Å². The molecule has 2 heterocycles. The highest BCUT2D eigenvalue weighted by Crippen LogP contribution is 2.39. The maximum atomic E-state index is 15.0. The Morgan fingerprint density at radius 2 is 1.84 bits per heavy atom. The van der Waals surface area contributed by atoms with Gasteiger partial charge in [-0.1, -0.05) is 11.6 Å². The van der Waals surface area contributed by atoms with Crippen LogP contribution in [0.4, 0.5) is 27.8 Å². The Labute approximate surface area is 185 Å². The molecule has 0 saturated carbocycles. The molecule has 1 aromatic carbocycles. The Hall–Kier alpha value is -2.73. The summed E-state index contributed by atoms with van der Waals surface area (Å²) in [5, 5.41) is 5.54. The number of rotatable bonds is 8. The van der Waals surface area contributed by atoms with Crippen molar-refractivity contribution in [3.05, 3.63) is 35.2 Å². The zero-order valence-electron chi connectivity index (χ0n) is 17.3. The molecule has 0 saturated heterocycles. The quantitative estimate of drug-likeness (QED) is 0.294. The van der Waals surface area contributed by atoms with Crippen LogP contribution in [0.3, 0.4) is 0 Å². The summed E-state index contributed by atoms with van der Waals surface area (Å²) in [4.78, 5) is 9.60. The number of hydrogen-bond donors (Lipinski definition) is 1. The first-order valence-corrected chi connectivity index (χ1v) is 9.86. The summed E-state index contributed by atoms with van der Waals surface area (Å²) >= 11 is 6.13. The molecule has 2 aromatic heterocycles. The Kier molecular flexibility index (Phi) is 7.03. The molecule has 32 heavy (non-hydrogen) atoms. The van der Waals surface area contributed by atoms with E-state index < -0.39 is 46.0 Å². The van der Waals surface area contributed by atoms with Gasteiger partial charge in [-0.05, 0) is 27.4 Å². The molecular formula is C19H20ClF5N6O. The van der Waals surface area contributed by atoms with Crippen molar-refractivity contribution in [1.29, 1.82) is 0 Å².